The highest BCUT2D eigenvalue weighted by molar-refractivity contribution is 9.10. The number of carbonyl (C=O) groups excluding carboxylic acids is 1. The van der Waals surface area contributed by atoms with Gasteiger partial charge in [0.05, 0.1) is 10.7 Å². The lowest BCUT2D eigenvalue weighted by molar-refractivity contribution is -0.390. The number of aryl methyl sites for hydroxylation is 2. The molecule has 9 nitrogen and oxygen atoms in total. The molecule has 0 aliphatic rings. The zero-order chi connectivity index (χ0) is 16.3. The average Bonchev–Trinajstić information content (AvgIpc) is 2.98. The second-order valence-corrected chi connectivity index (χ2v) is 5.63. The predicted molar refractivity (Wildman–Crippen MR) is 81.9 cm³/mol. The molecule has 2 rings (SSSR count). The van der Waals surface area contributed by atoms with Gasteiger partial charge in [-0.1, -0.05) is 16.7 Å². The first-order valence-corrected chi connectivity index (χ1v) is 7.43. The molecule has 2 aromatic heterocycles. The lowest BCUT2D eigenvalue weighted by atomic mass is 10.3. The van der Waals surface area contributed by atoms with Crippen LogP contribution < -0.4 is 5.32 Å². The lowest BCUT2D eigenvalue weighted by Gasteiger charge is -2.03. The molecule has 0 saturated heterocycles. The number of halogens is 2. The largest absolute Gasteiger partial charge is 0.358 e. The molecule has 0 fully saturated rings. The fourth-order valence-electron chi connectivity index (χ4n) is 1.73. The smallest absolute Gasteiger partial charge is 0.357 e. The molecule has 2 heterocycles. The summed E-state index contributed by atoms with van der Waals surface area (Å²) in [6, 6.07) is 0. The molecule has 0 spiro atoms. The van der Waals surface area contributed by atoms with Crippen LogP contribution in [0.1, 0.15) is 22.6 Å². The Kier molecular flexibility index (Phi) is 5.14. The van der Waals surface area contributed by atoms with Gasteiger partial charge in [-0.25, -0.2) is 0 Å². The molecular formula is C11H12BrClN6O3. The third-order valence-corrected chi connectivity index (χ3v) is 3.95. The molecule has 2 aromatic rings. The number of aromatic amines is 1. The second kappa shape index (κ2) is 6.88. The Bertz CT molecular complexity index is 693. The highest BCUT2D eigenvalue weighted by Gasteiger charge is 2.24. The summed E-state index contributed by atoms with van der Waals surface area (Å²) in [7, 11) is 0. The third kappa shape index (κ3) is 3.63. The zero-order valence-electron chi connectivity index (χ0n) is 11.5. The van der Waals surface area contributed by atoms with Gasteiger partial charge in [0.1, 0.15) is 4.47 Å². The molecule has 118 valence electrons. The Labute approximate surface area is 138 Å². The first-order chi connectivity index (χ1) is 10.4. The number of nitrogens with one attached hydrogen (secondary N) is 2. The van der Waals surface area contributed by atoms with Crippen LogP contribution in [0.25, 0.3) is 0 Å². The van der Waals surface area contributed by atoms with Crippen LogP contribution >= 0.6 is 27.5 Å². The second-order valence-electron chi connectivity index (χ2n) is 4.43. The van der Waals surface area contributed by atoms with Gasteiger partial charge in [-0.3, -0.25) is 9.48 Å². The number of nitro groups is 1. The number of hydrogen-bond donors (Lipinski definition) is 2. The number of nitrogens with zero attached hydrogens (tertiary/aromatic N) is 4. The maximum absolute atomic E-state index is 11.9. The Morgan fingerprint density at radius 3 is 2.91 bits per heavy atom. The van der Waals surface area contributed by atoms with E-state index < -0.39 is 10.8 Å². The molecule has 0 aromatic carbocycles. The van der Waals surface area contributed by atoms with Crippen LogP contribution in [0.3, 0.4) is 0 Å². The van der Waals surface area contributed by atoms with Crippen molar-refractivity contribution in [2.24, 2.45) is 0 Å². The van der Waals surface area contributed by atoms with Gasteiger partial charge in [0, 0.05) is 19.3 Å². The summed E-state index contributed by atoms with van der Waals surface area (Å²) in [4.78, 5) is 21.9. The maximum Gasteiger partial charge on any atom is 0.357 e. The van der Waals surface area contributed by atoms with Crippen molar-refractivity contribution in [1.29, 1.82) is 0 Å². The summed E-state index contributed by atoms with van der Waals surface area (Å²) in [6.07, 6.45) is 2.35. The molecule has 22 heavy (non-hydrogen) atoms. The van der Waals surface area contributed by atoms with E-state index in [0.717, 1.165) is 5.69 Å². The van der Waals surface area contributed by atoms with Gasteiger partial charge in [0.25, 0.3) is 5.91 Å². The zero-order valence-corrected chi connectivity index (χ0v) is 13.8. The van der Waals surface area contributed by atoms with E-state index in [1.54, 1.807) is 10.9 Å². The monoisotopic (exact) mass is 390 g/mol. The molecule has 0 atom stereocenters. The number of hydrogen-bond acceptors (Lipinski definition) is 5. The van der Waals surface area contributed by atoms with Crippen molar-refractivity contribution in [3.05, 3.63) is 37.2 Å². The van der Waals surface area contributed by atoms with Crippen molar-refractivity contribution in [2.45, 2.75) is 19.9 Å². The molecule has 2 N–H and O–H groups in total. The van der Waals surface area contributed by atoms with Crippen LogP contribution in [-0.2, 0) is 6.54 Å². The molecule has 1 amide bonds. The topological polar surface area (TPSA) is 119 Å². The van der Waals surface area contributed by atoms with E-state index in [1.165, 1.54) is 0 Å². The van der Waals surface area contributed by atoms with Gasteiger partial charge in [-0.2, -0.15) is 5.10 Å². The van der Waals surface area contributed by atoms with E-state index in [9.17, 15) is 14.9 Å². The molecule has 0 saturated carbocycles. The third-order valence-electron chi connectivity index (χ3n) is 2.82. The average molecular weight is 392 g/mol. The Hall–Kier alpha value is -1.94. The van der Waals surface area contributed by atoms with Gasteiger partial charge in [0.15, 0.2) is 5.69 Å². The van der Waals surface area contributed by atoms with Crippen LogP contribution in [0.4, 0.5) is 5.82 Å². The summed E-state index contributed by atoms with van der Waals surface area (Å²) in [5, 5.41) is 23.9. The van der Waals surface area contributed by atoms with Gasteiger partial charge in [-0.15, -0.1) is 5.10 Å². The van der Waals surface area contributed by atoms with Crippen molar-refractivity contribution in [2.75, 3.05) is 6.54 Å². The van der Waals surface area contributed by atoms with E-state index in [0.29, 0.717) is 24.5 Å². The minimum atomic E-state index is -0.655. The summed E-state index contributed by atoms with van der Waals surface area (Å²) >= 11 is 8.88. The number of amides is 1. The van der Waals surface area contributed by atoms with Crippen molar-refractivity contribution in [1.82, 2.24) is 25.3 Å². The van der Waals surface area contributed by atoms with E-state index in [1.807, 2.05) is 6.92 Å². The summed E-state index contributed by atoms with van der Waals surface area (Å²) in [5.41, 5.74) is 0.697. The van der Waals surface area contributed by atoms with Gasteiger partial charge in [0.2, 0.25) is 0 Å². The summed E-state index contributed by atoms with van der Waals surface area (Å²) in [5.74, 6) is -0.849. The molecule has 0 radical (unpaired) electrons. The Morgan fingerprint density at radius 1 is 1.64 bits per heavy atom. The highest BCUT2D eigenvalue weighted by atomic mass is 79.9. The summed E-state index contributed by atoms with van der Waals surface area (Å²) < 4.78 is 1.73. The van der Waals surface area contributed by atoms with E-state index in [2.05, 4.69) is 36.5 Å². The van der Waals surface area contributed by atoms with Gasteiger partial charge in [-0.05, 0) is 34.2 Å². The lowest BCUT2D eigenvalue weighted by Crippen LogP contribution is -2.26. The van der Waals surface area contributed by atoms with Crippen molar-refractivity contribution in [3.63, 3.8) is 0 Å². The Morgan fingerprint density at radius 2 is 2.36 bits per heavy atom. The molecular weight excluding hydrogens is 380 g/mol. The number of carbonyl (C=O) groups is 1. The molecule has 0 bridgehead atoms. The van der Waals surface area contributed by atoms with Gasteiger partial charge >= 0.3 is 5.82 Å². The normalized spacial score (nSPS) is 10.7. The van der Waals surface area contributed by atoms with Crippen molar-refractivity contribution >= 4 is 39.3 Å². The summed E-state index contributed by atoms with van der Waals surface area (Å²) in [6.45, 7) is 2.78. The number of rotatable bonds is 6. The predicted octanol–water partition coefficient (Wildman–Crippen LogP) is 2.06. The van der Waals surface area contributed by atoms with Crippen molar-refractivity contribution in [3.8, 4) is 0 Å². The van der Waals surface area contributed by atoms with E-state index in [4.69, 9.17) is 11.6 Å². The van der Waals surface area contributed by atoms with Crippen LogP contribution in [0.15, 0.2) is 10.7 Å². The van der Waals surface area contributed by atoms with Crippen LogP contribution in [-0.4, -0.2) is 37.4 Å². The fraction of sp³-hybridized carbons (Fsp3) is 0.364. The van der Waals surface area contributed by atoms with E-state index in [-0.39, 0.29) is 16.0 Å². The minimum Gasteiger partial charge on any atom is -0.358 e. The first-order valence-electron chi connectivity index (χ1n) is 6.26. The highest BCUT2D eigenvalue weighted by Crippen LogP contribution is 2.25. The van der Waals surface area contributed by atoms with Crippen LogP contribution in [0, 0.1) is 17.0 Å². The molecule has 0 aliphatic carbocycles. The first kappa shape index (κ1) is 16.4. The fourth-order valence-corrected chi connectivity index (χ4v) is 2.38. The van der Waals surface area contributed by atoms with Crippen LogP contribution in [0.5, 0.6) is 0 Å². The van der Waals surface area contributed by atoms with E-state index >= 15 is 0 Å². The number of H-pyrrole nitrogens is 1. The van der Waals surface area contributed by atoms with Crippen LogP contribution in [0.2, 0.25) is 5.02 Å². The number of aromatic nitrogens is 4. The molecule has 0 unspecified atom stereocenters. The quantitative estimate of drug-likeness (QED) is 0.444. The minimum absolute atomic E-state index is 0.0319. The SMILES string of the molecule is Cc1nn(CCCNC(=O)c2n[nH]c([N+](=O)[O-])c2Br)cc1Cl. The molecule has 0 aliphatic heterocycles. The van der Waals surface area contributed by atoms with Crippen molar-refractivity contribution < 1.29 is 9.72 Å². The maximum atomic E-state index is 11.9. The standard InChI is InChI=1S/C11H12BrClN6O3/c1-6-7(13)5-18(17-6)4-2-3-14-11(20)9-8(12)10(16-15-9)19(21)22/h5H,2-4H2,1H3,(H,14,20)(H,15,16). The van der Waals surface area contributed by atoms with Gasteiger partial charge < -0.3 is 15.4 Å². The molecule has 11 heteroatoms. The Balaban J connectivity index is 1.84.